The number of rotatable bonds is 2. The van der Waals surface area contributed by atoms with Gasteiger partial charge in [0.1, 0.15) is 5.65 Å². The molecule has 0 saturated heterocycles. The molecule has 0 unspecified atom stereocenters. The number of aromatic nitrogens is 2. The van der Waals surface area contributed by atoms with E-state index in [9.17, 15) is 5.11 Å². The van der Waals surface area contributed by atoms with Gasteiger partial charge in [-0.3, -0.25) is 0 Å². The molecule has 0 amide bonds. The van der Waals surface area contributed by atoms with E-state index >= 15 is 0 Å². The summed E-state index contributed by atoms with van der Waals surface area (Å²) >= 11 is 3.50. The van der Waals surface area contributed by atoms with E-state index in [0.717, 1.165) is 27.1 Å². The summed E-state index contributed by atoms with van der Waals surface area (Å²) in [5.41, 5.74) is 3.90. The van der Waals surface area contributed by atoms with E-state index in [2.05, 4.69) is 34.8 Å². The molecule has 0 radical (unpaired) electrons. The maximum Gasteiger partial charge on any atom is 0.137 e. The van der Waals surface area contributed by atoms with Crippen molar-refractivity contribution in [3.05, 3.63) is 33.7 Å². The second-order valence-electron chi connectivity index (χ2n) is 4.29. The van der Waals surface area contributed by atoms with Crippen molar-refractivity contribution in [3.63, 3.8) is 0 Å². The molecular formula is C12H15BrN2O. The van der Waals surface area contributed by atoms with Crippen molar-refractivity contribution in [2.45, 2.75) is 33.3 Å². The Morgan fingerprint density at radius 3 is 2.75 bits per heavy atom. The molecule has 0 aliphatic carbocycles. The second-order valence-corrected chi connectivity index (χ2v) is 5.14. The van der Waals surface area contributed by atoms with E-state index in [1.807, 2.05) is 23.6 Å². The van der Waals surface area contributed by atoms with Crippen LogP contribution in [0.4, 0.5) is 0 Å². The number of aliphatic hydroxyl groups excluding tert-OH is 1. The molecule has 2 aromatic heterocycles. The van der Waals surface area contributed by atoms with Crippen LogP contribution in [-0.4, -0.2) is 14.5 Å². The maximum atomic E-state index is 9.44. The van der Waals surface area contributed by atoms with Gasteiger partial charge < -0.3 is 9.51 Å². The quantitative estimate of drug-likeness (QED) is 0.920. The number of hydrogen-bond donors (Lipinski definition) is 1. The Kier molecular flexibility index (Phi) is 3.04. The fraction of sp³-hybridized carbons (Fsp3) is 0.417. The Bertz CT molecular complexity index is 531. The van der Waals surface area contributed by atoms with Crippen LogP contribution in [-0.2, 0) is 6.61 Å². The molecule has 0 aromatic carbocycles. The third-order valence-electron chi connectivity index (χ3n) is 2.73. The number of imidazole rings is 1. The van der Waals surface area contributed by atoms with Crippen LogP contribution in [0.5, 0.6) is 0 Å². The van der Waals surface area contributed by atoms with Crippen LogP contribution in [0.2, 0.25) is 0 Å². The molecule has 2 heterocycles. The maximum absolute atomic E-state index is 9.44. The van der Waals surface area contributed by atoms with Crippen LogP contribution >= 0.6 is 15.9 Å². The van der Waals surface area contributed by atoms with Crippen molar-refractivity contribution in [1.29, 1.82) is 0 Å². The van der Waals surface area contributed by atoms with E-state index in [0.29, 0.717) is 5.92 Å². The smallest absolute Gasteiger partial charge is 0.137 e. The van der Waals surface area contributed by atoms with E-state index in [1.165, 1.54) is 0 Å². The summed E-state index contributed by atoms with van der Waals surface area (Å²) in [5, 5.41) is 9.44. The zero-order valence-corrected chi connectivity index (χ0v) is 11.2. The highest BCUT2D eigenvalue weighted by molar-refractivity contribution is 9.10. The van der Waals surface area contributed by atoms with Gasteiger partial charge in [-0.1, -0.05) is 13.8 Å². The van der Waals surface area contributed by atoms with Gasteiger partial charge in [-0.05, 0) is 40.4 Å². The molecule has 0 fully saturated rings. The van der Waals surface area contributed by atoms with Crippen LogP contribution in [0.3, 0.4) is 0 Å². The first kappa shape index (κ1) is 11.6. The lowest BCUT2D eigenvalue weighted by Gasteiger charge is -2.04. The van der Waals surface area contributed by atoms with E-state index in [4.69, 9.17) is 0 Å². The van der Waals surface area contributed by atoms with Gasteiger partial charge in [0.05, 0.1) is 18.0 Å². The van der Waals surface area contributed by atoms with E-state index in [-0.39, 0.29) is 6.61 Å². The predicted octanol–water partition coefficient (Wildman–Crippen LogP) is 3.02. The molecule has 3 nitrogen and oxygen atoms in total. The highest BCUT2D eigenvalue weighted by atomic mass is 79.9. The number of fused-ring (bicyclic) bond motifs is 1. The van der Waals surface area contributed by atoms with Crippen LogP contribution < -0.4 is 0 Å². The SMILES string of the molecule is Cc1cc2nc(C(C)C)c(CO)n2cc1Br. The molecule has 1 N–H and O–H groups in total. The molecule has 2 rings (SSSR count). The summed E-state index contributed by atoms with van der Waals surface area (Å²) in [6.07, 6.45) is 1.97. The fourth-order valence-corrected chi connectivity index (χ4v) is 2.17. The minimum Gasteiger partial charge on any atom is -0.390 e. The summed E-state index contributed by atoms with van der Waals surface area (Å²) < 4.78 is 2.98. The Hall–Kier alpha value is -0.870. The molecule has 0 atom stereocenters. The van der Waals surface area contributed by atoms with Crippen molar-refractivity contribution in [1.82, 2.24) is 9.38 Å². The first-order chi connectivity index (χ1) is 7.54. The Morgan fingerprint density at radius 2 is 2.19 bits per heavy atom. The lowest BCUT2D eigenvalue weighted by molar-refractivity contribution is 0.274. The molecule has 16 heavy (non-hydrogen) atoms. The molecule has 86 valence electrons. The summed E-state index contributed by atoms with van der Waals surface area (Å²) in [5.74, 6) is 0.320. The average molecular weight is 283 g/mol. The van der Waals surface area contributed by atoms with Crippen LogP contribution in [0.1, 0.15) is 36.7 Å². The zero-order valence-electron chi connectivity index (χ0n) is 9.66. The minimum absolute atomic E-state index is 0.0180. The van der Waals surface area contributed by atoms with Gasteiger partial charge in [0.25, 0.3) is 0 Å². The topological polar surface area (TPSA) is 37.5 Å². The molecular weight excluding hydrogens is 268 g/mol. The van der Waals surface area contributed by atoms with Gasteiger partial charge in [0.2, 0.25) is 0 Å². The van der Waals surface area contributed by atoms with Gasteiger partial charge in [0.15, 0.2) is 0 Å². The summed E-state index contributed by atoms with van der Waals surface area (Å²) in [6.45, 7) is 6.22. The van der Waals surface area contributed by atoms with Crippen LogP contribution in [0.15, 0.2) is 16.7 Å². The first-order valence-electron chi connectivity index (χ1n) is 5.32. The zero-order chi connectivity index (χ0) is 11.9. The van der Waals surface area contributed by atoms with Crippen molar-refractivity contribution < 1.29 is 5.11 Å². The van der Waals surface area contributed by atoms with Crippen molar-refractivity contribution >= 4 is 21.6 Å². The third-order valence-corrected chi connectivity index (χ3v) is 3.56. The molecule has 4 heteroatoms. The van der Waals surface area contributed by atoms with Crippen molar-refractivity contribution in [2.75, 3.05) is 0 Å². The van der Waals surface area contributed by atoms with E-state index in [1.54, 1.807) is 0 Å². The second kappa shape index (κ2) is 4.18. The molecule has 0 bridgehead atoms. The number of pyridine rings is 1. The van der Waals surface area contributed by atoms with E-state index < -0.39 is 0 Å². The van der Waals surface area contributed by atoms with Crippen LogP contribution in [0, 0.1) is 6.92 Å². The average Bonchev–Trinajstić information content (AvgIpc) is 2.57. The van der Waals surface area contributed by atoms with Crippen molar-refractivity contribution in [3.8, 4) is 0 Å². The van der Waals surface area contributed by atoms with Gasteiger partial charge in [-0.2, -0.15) is 0 Å². The lowest BCUT2D eigenvalue weighted by Crippen LogP contribution is -1.98. The summed E-state index contributed by atoms with van der Waals surface area (Å²) in [4.78, 5) is 4.57. The Labute approximate surface area is 103 Å². The normalized spacial score (nSPS) is 11.6. The summed E-state index contributed by atoms with van der Waals surface area (Å²) in [6, 6.07) is 2.02. The number of aliphatic hydroxyl groups is 1. The number of halogens is 1. The molecule has 0 spiro atoms. The predicted molar refractivity (Wildman–Crippen MR) is 67.6 cm³/mol. The van der Waals surface area contributed by atoms with Gasteiger partial charge in [-0.15, -0.1) is 0 Å². The van der Waals surface area contributed by atoms with Gasteiger partial charge in [0, 0.05) is 10.7 Å². The Morgan fingerprint density at radius 1 is 1.50 bits per heavy atom. The van der Waals surface area contributed by atoms with Gasteiger partial charge in [-0.25, -0.2) is 4.98 Å². The standard InChI is InChI=1S/C12H15BrN2O/c1-7(2)12-10(6-16)15-5-9(13)8(3)4-11(15)14-12/h4-5,7,16H,6H2,1-3H3. The monoisotopic (exact) mass is 282 g/mol. The molecule has 0 aliphatic rings. The highest BCUT2D eigenvalue weighted by Crippen LogP contribution is 2.24. The van der Waals surface area contributed by atoms with Crippen molar-refractivity contribution in [2.24, 2.45) is 0 Å². The highest BCUT2D eigenvalue weighted by Gasteiger charge is 2.14. The first-order valence-corrected chi connectivity index (χ1v) is 6.11. The molecule has 0 aliphatic heterocycles. The largest absolute Gasteiger partial charge is 0.390 e. The molecule has 0 saturated carbocycles. The molecule has 2 aromatic rings. The lowest BCUT2D eigenvalue weighted by atomic mass is 10.1. The minimum atomic E-state index is 0.0180. The van der Waals surface area contributed by atoms with Gasteiger partial charge >= 0.3 is 0 Å². The Balaban J connectivity index is 2.77. The number of nitrogens with zero attached hydrogens (tertiary/aromatic N) is 2. The number of hydrogen-bond acceptors (Lipinski definition) is 2. The third kappa shape index (κ3) is 1.76. The fourth-order valence-electron chi connectivity index (χ4n) is 1.85. The summed E-state index contributed by atoms with van der Waals surface area (Å²) in [7, 11) is 0. The van der Waals surface area contributed by atoms with Crippen LogP contribution in [0.25, 0.3) is 5.65 Å². The number of aryl methyl sites for hydroxylation is 1.